The first-order valence-corrected chi connectivity index (χ1v) is 8.52. The molecule has 114 valence electrons. The van der Waals surface area contributed by atoms with Gasteiger partial charge < -0.3 is 9.80 Å². The van der Waals surface area contributed by atoms with Gasteiger partial charge in [0, 0.05) is 24.0 Å². The van der Waals surface area contributed by atoms with Crippen molar-refractivity contribution in [2.24, 2.45) is 0 Å². The Hall–Kier alpha value is -1.00. The Labute approximate surface area is 132 Å². The number of hydrogen-bond acceptors (Lipinski definition) is 3. The summed E-state index contributed by atoms with van der Waals surface area (Å²) in [5, 5.41) is 0. The molecule has 0 spiro atoms. The Morgan fingerprint density at radius 2 is 1.67 bits per heavy atom. The van der Waals surface area contributed by atoms with E-state index < -0.39 is 0 Å². The van der Waals surface area contributed by atoms with Crippen molar-refractivity contribution in [2.75, 3.05) is 26.2 Å². The van der Waals surface area contributed by atoms with Crippen molar-refractivity contribution in [1.82, 2.24) is 9.80 Å². The van der Waals surface area contributed by atoms with Crippen LogP contribution in [-0.2, 0) is 0 Å². The summed E-state index contributed by atoms with van der Waals surface area (Å²) in [5.74, 6) is 0.137. The van der Waals surface area contributed by atoms with Crippen molar-refractivity contribution in [3.63, 3.8) is 0 Å². The first kappa shape index (κ1) is 14.9. The standard InChI is InChI=1S/C17H24N2OS/c20-17(15-6-2-3-7-16(15)21)19-12-8-14(9-13-19)18-10-4-1-5-11-18/h2-3,6-7,14,21H,1,4-5,8-13H2. The van der Waals surface area contributed by atoms with Crippen LogP contribution in [0.4, 0.5) is 0 Å². The maximum Gasteiger partial charge on any atom is 0.254 e. The average molecular weight is 304 g/mol. The lowest BCUT2D eigenvalue weighted by molar-refractivity contribution is 0.0587. The summed E-state index contributed by atoms with van der Waals surface area (Å²) in [4.78, 5) is 18.0. The van der Waals surface area contributed by atoms with Crippen molar-refractivity contribution in [2.45, 2.75) is 43.0 Å². The summed E-state index contributed by atoms with van der Waals surface area (Å²) in [6.45, 7) is 4.25. The third-order valence-electron chi connectivity index (χ3n) is 4.79. The number of benzene rings is 1. The second kappa shape index (κ2) is 6.84. The van der Waals surface area contributed by atoms with E-state index in [1.165, 1.54) is 32.4 Å². The van der Waals surface area contributed by atoms with Gasteiger partial charge in [-0.2, -0.15) is 0 Å². The second-order valence-corrected chi connectivity index (χ2v) is 6.62. The van der Waals surface area contributed by atoms with Crippen LogP contribution >= 0.6 is 12.6 Å². The summed E-state index contributed by atoms with van der Waals surface area (Å²) >= 11 is 4.40. The Morgan fingerprint density at radius 1 is 1.00 bits per heavy atom. The molecule has 1 aromatic carbocycles. The van der Waals surface area contributed by atoms with Gasteiger partial charge in [-0.15, -0.1) is 12.6 Å². The fraction of sp³-hybridized carbons (Fsp3) is 0.588. The monoisotopic (exact) mass is 304 g/mol. The minimum Gasteiger partial charge on any atom is -0.338 e. The molecule has 3 rings (SSSR count). The number of carbonyl (C=O) groups is 1. The van der Waals surface area contributed by atoms with E-state index in [2.05, 4.69) is 17.5 Å². The molecule has 0 bridgehead atoms. The van der Waals surface area contributed by atoms with Crippen molar-refractivity contribution in [3.05, 3.63) is 29.8 Å². The van der Waals surface area contributed by atoms with E-state index in [9.17, 15) is 4.79 Å². The number of nitrogens with zero attached hydrogens (tertiary/aromatic N) is 2. The maximum absolute atomic E-state index is 12.6. The van der Waals surface area contributed by atoms with Gasteiger partial charge in [-0.1, -0.05) is 18.6 Å². The Kier molecular flexibility index (Phi) is 4.86. The number of amides is 1. The highest BCUT2D eigenvalue weighted by Crippen LogP contribution is 2.23. The second-order valence-electron chi connectivity index (χ2n) is 6.14. The van der Waals surface area contributed by atoms with Gasteiger partial charge in [-0.05, 0) is 50.9 Å². The van der Waals surface area contributed by atoms with Crippen LogP contribution in [0.15, 0.2) is 29.2 Å². The van der Waals surface area contributed by atoms with E-state index in [4.69, 9.17) is 0 Å². The molecule has 0 atom stereocenters. The molecule has 4 heteroatoms. The molecule has 1 aromatic rings. The molecule has 0 unspecified atom stereocenters. The number of piperidine rings is 2. The summed E-state index contributed by atoms with van der Waals surface area (Å²) in [6, 6.07) is 8.27. The quantitative estimate of drug-likeness (QED) is 0.849. The van der Waals surface area contributed by atoms with Crippen LogP contribution in [-0.4, -0.2) is 47.9 Å². The molecule has 0 aliphatic carbocycles. The first-order chi connectivity index (χ1) is 10.3. The Balaban J connectivity index is 1.58. The molecule has 0 saturated carbocycles. The zero-order valence-corrected chi connectivity index (χ0v) is 13.4. The first-order valence-electron chi connectivity index (χ1n) is 8.07. The molecule has 0 radical (unpaired) electrons. The summed E-state index contributed by atoms with van der Waals surface area (Å²) in [7, 11) is 0. The summed E-state index contributed by atoms with van der Waals surface area (Å²) in [6.07, 6.45) is 6.28. The number of thiol groups is 1. The molecule has 2 heterocycles. The van der Waals surface area contributed by atoms with Gasteiger partial charge in [0.25, 0.3) is 5.91 Å². The van der Waals surface area contributed by atoms with Crippen LogP contribution in [0.2, 0.25) is 0 Å². The molecule has 2 fully saturated rings. The number of hydrogen-bond donors (Lipinski definition) is 1. The van der Waals surface area contributed by atoms with Gasteiger partial charge in [-0.25, -0.2) is 0 Å². The Bertz CT molecular complexity index is 491. The van der Waals surface area contributed by atoms with Crippen LogP contribution < -0.4 is 0 Å². The molecule has 3 nitrogen and oxygen atoms in total. The Morgan fingerprint density at radius 3 is 2.33 bits per heavy atom. The molecule has 2 aliphatic rings. The zero-order chi connectivity index (χ0) is 14.7. The predicted octanol–water partition coefficient (Wildman–Crippen LogP) is 3.07. The largest absolute Gasteiger partial charge is 0.338 e. The molecule has 0 N–H and O–H groups in total. The van der Waals surface area contributed by atoms with E-state index in [1.54, 1.807) is 0 Å². The summed E-state index contributed by atoms with van der Waals surface area (Å²) in [5.41, 5.74) is 0.734. The van der Waals surface area contributed by atoms with Crippen molar-refractivity contribution >= 4 is 18.5 Å². The van der Waals surface area contributed by atoms with Crippen molar-refractivity contribution in [3.8, 4) is 0 Å². The molecule has 2 aliphatic heterocycles. The van der Waals surface area contributed by atoms with Crippen LogP contribution in [0.1, 0.15) is 42.5 Å². The lowest BCUT2D eigenvalue weighted by Crippen LogP contribution is -2.48. The third-order valence-corrected chi connectivity index (χ3v) is 5.18. The number of carbonyl (C=O) groups excluding carboxylic acids is 1. The number of likely N-dealkylation sites (tertiary alicyclic amines) is 2. The van der Waals surface area contributed by atoms with Gasteiger partial charge in [0.15, 0.2) is 0 Å². The third kappa shape index (κ3) is 3.43. The molecule has 0 aromatic heterocycles. The minimum absolute atomic E-state index is 0.137. The topological polar surface area (TPSA) is 23.6 Å². The van der Waals surface area contributed by atoms with Gasteiger partial charge in [-0.3, -0.25) is 4.79 Å². The highest BCUT2D eigenvalue weighted by molar-refractivity contribution is 7.80. The van der Waals surface area contributed by atoms with Crippen LogP contribution in [0, 0.1) is 0 Å². The van der Waals surface area contributed by atoms with E-state index in [1.807, 2.05) is 29.2 Å². The van der Waals surface area contributed by atoms with Crippen LogP contribution in [0.3, 0.4) is 0 Å². The average Bonchev–Trinajstić information content (AvgIpc) is 2.56. The van der Waals surface area contributed by atoms with Crippen LogP contribution in [0.5, 0.6) is 0 Å². The molecule has 1 amide bonds. The number of rotatable bonds is 2. The highest BCUT2D eigenvalue weighted by Gasteiger charge is 2.28. The van der Waals surface area contributed by atoms with Crippen molar-refractivity contribution < 1.29 is 4.79 Å². The lowest BCUT2D eigenvalue weighted by atomic mass is 9.99. The molecular weight excluding hydrogens is 280 g/mol. The lowest BCUT2D eigenvalue weighted by Gasteiger charge is -2.40. The molecule has 21 heavy (non-hydrogen) atoms. The van der Waals surface area contributed by atoms with Gasteiger partial charge in [0.1, 0.15) is 0 Å². The summed E-state index contributed by atoms with van der Waals surface area (Å²) < 4.78 is 0. The fourth-order valence-corrected chi connectivity index (χ4v) is 3.80. The maximum atomic E-state index is 12.6. The van der Waals surface area contributed by atoms with Gasteiger partial charge in [0.05, 0.1) is 5.56 Å². The predicted molar refractivity (Wildman–Crippen MR) is 88.0 cm³/mol. The fourth-order valence-electron chi connectivity index (χ4n) is 3.54. The van der Waals surface area contributed by atoms with Gasteiger partial charge >= 0.3 is 0 Å². The van der Waals surface area contributed by atoms with Crippen molar-refractivity contribution in [1.29, 1.82) is 0 Å². The van der Waals surface area contributed by atoms with E-state index in [0.717, 1.165) is 36.4 Å². The van der Waals surface area contributed by atoms with E-state index >= 15 is 0 Å². The smallest absolute Gasteiger partial charge is 0.254 e. The SMILES string of the molecule is O=C(c1ccccc1S)N1CCC(N2CCCCC2)CC1. The van der Waals surface area contributed by atoms with Gasteiger partial charge in [0.2, 0.25) is 0 Å². The van der Waals surface area contributed by atoms with Crippen LogP contribution in [0.25, 0.3) is 0 Å². The molecular formula is C17H24N2OS. The van der Waals surface area contributed by atoms with E-state index in [-0.39, 0.29) is 5.91 Å². The molecule has 2 saturated heterocycles. The van der Waals surface area contributed by atoms with E-state index in [0.29, 0.717) is 6.04 Å². The normalized spacial score (nSPS) is 21.5. The minimum atomic E-state index is 0.137. The highest BCUT2D eigenvalue weighted by atomic mass is 32.1. The zero-order valence-electron chi connectivity index (χ0n) is 12.5.